The molecular weight excluding hydrogens is 244 g/mol. The van der Waals surface area contributed by atoms with Gasteiger partial charge in [0, 0.05) is 0 Å². The van der Waals surface area contributed by atoms with Crippen molar-refractivity contribution in [3.8, 4) is 5.75 Å². The average molecular weight is 251 g/mol. The number of rotatable bonds is 1. The molecule has 0 bridgehead atoms. The van der Waals surface area contributed by atoms with Crippen molar-refractivity contribution >= 4 is 0 Å². The molecule has 1 rings (SSSR count). The van der Waals surface area contributed by atoms with Crippen LogP contribution in [-0.2, 0) is 0 Å². The van der Waals surface area contributed by atoms with Crippen LogP contribution in [0.1, 0.15) is 5.56 Å². The molecule has 9 heavy (non-hydrogen) atoms. The summed E-state index contributed by atoms with van der Waals surface area (Å²) in [6, 6.07) is 8.07. The summed E-state index contributed by atoms with van der Waals surface area (Å²) in [6.07, 6.45) is 0. The van der Waals surface area contributed by atoms with E-state index in [1.54, 1.807) is 0 Å². The monoisotopic (exact) mass is 249 g/mol. The van der Waals surface area contributed by atoms with Crippen molar-refractivity contribution in [1.29, 1.82) is 0 Å². The number of aryl methyl sites for hydroxylation is 1. The van der Waals surface area contributed by atoms with Crippen LogP contribution in [0.4, 0.5) is 0 Å². The molecule has 45 valence electrons. The predicted octanol–water partition coefficient (Wildman–Crippen LogP) is 1.84. The first-order chi connectivity index (χ1) is 4.33. The van der Waals surface area contributed by atoms with E-state index < -0.39 is 0 Å². The first kappa shape index (κ1) is 7.48. The van der Waals surface area contributed by atoms with E-state index in [1.807, 2.05) is 24.3 Å². The Morgan fingerprint density at radius 1 is 1.22 bits per heavy atom. The summed E-state index contributed by atoms with van der Waals surface area (Å²) in [6.45, 7) is 2.07. The summed E-state index contributed by atoms with van der Waals surface area (Å²) >= 11 is 0.774. The minimum absolute atomic E-state index is 0.774. The van der Waals surface area contributed by atoms with E-state index in [4.69, 9.17) is 1.06 Å². The molecule has 0 aliphatic rings. The van der Waals surface area contributed by atoms with Crippen LogP contribution in [0.2, 0.25) is 0 Å². The van der Waals surface area contributed by atoms with Gasteiger partial charge in [0.05, 0.1) is 0 Å². The first-order valence-electron chi connectivity index (χ1n) is 2.73. The second kappa shape index (κ2) is 3.52. The molecule has 0 amide bonds. The molecule has 0 N–H and O–H groups in total. The van der Waals surface area contributed by atoms with Crippen LogP contribution in [0, 0.1) is 46.3 Å². The fraction of sp³-hybridized carbons (Fsp3) is 0.143. The summed E-state index contributed by atoms with van der Waals surface area (Å²) in [5.41, 5.74) is 1.28. The Bertz CT molecular complexity index is 181. The molecule has 0 radical (unpaired) electrons. The molecular formula is C7H7NdO. The van der Waals surface area contributed by atoms with Crippen molar-refractivity contribution in [3.63, 3.8) is 0 Å². The fourth-order valence-corrected chi connectivity index (χ4v) is 1.04. The van der Waals surface area contributed by atoms with Crippen LogP contribution in [0.15, 0.2) is 24.3 Å². The minimum atomic E-state index is 0.774. The van der Waals surface area contributed by atoms with E-state index >= 15 is 0 Å². The Morgan fingerprint density at radius 3 is 2.22 bits per heavy atom. The van der Waals surface area contributed by atoms with E-state index in [9.17, 15) is 0 Å². The van der Waals surface area contributed by atoms with Crippen LogP contribution < -0.4 is 1.06 Å². The second-order valence-corrected chi connectivity index (χ2v) is 2.57. The molecule has 1 nitrogen and oxygen atoms in total. The van der Waals surface area contributed by atoms with Gasteiger partial charge in [-0.25, -0.2) is 0 Å². The predicted molar refractivity (Wildman–Crippen MR) is 31.8 cm³/mol. The third-order valence-electron chi connectivity index (χ3n) is 1.14. The molecule has 2 heteroatoms. The maximum atomic E-state index is 5.11. The van der Waals surface area contributed by atoms with Crippen LogP contribution in [0.5, 0.6) is 5.75 Å². The normalized spacial score (nSPS) is 8.89. The molecule has 0 saturated heterocycles. The SMILES string of the molecule is Cc1ccc([O][Nd])cc1. The Hall–Kier alpha value is 0.371. The van der Waals surface area contributed by atoms with E-state index in [-0.39, 0.29) is 0 Å². The van der Waals surface area contributed by atoms with Crippen molar-refractivity contribution in [3.05, 3.63) is 29.8 Å². The molecule has 0 aliphatic carbocycles. The second-order valence-electron chi connectivity index (χ2n) is 1.92. The van der Waals surface area contributed by atoms with Crippen LogP contribution >= 0.6 is 0 Å². The summed E-state index contributed by atoms with van der Waals surface area (Å²) in [5.74, 6) is 0.979. The Morgan fingerprint density at radius 2 is 1.78 bits per heavy atom. The van der Waals surface area contributed by atoms with E-state index in [0.29, 0.717) is 0 Å². The van der Waals surface area contributed by atoms with Crippen molar-refractivity contribution in [2.24, 2.45) is 0 Å². The molecule has 1 aromatic rings. The standard InChI is InChI=1S/C7H8O.Nd/c1-6-2-4-7(8)5-3-6;/h2-5,8H,1H3;/q;+1/p-1. The number of benzene rings is 1. The molecule has 0 saturated carbocycles. The molecule has 0 aromatic heterocycles. The van der Waals surface area contributed by atoms with Gasteiger partial charge in [0.1, 0.15) is 0 Å². The molecule has 1 aromatic carbocycles. The van der Waals surface area contributed by atoms with Gasteiger partial charge < -0.3 is 0 Å². The van der Waals surface area contributed by atoms with Crippen LogP contribution in [-0.4, -0.2) is 0 Å². The molecule has 0 fully saturated rings. The zero-order valence-corrected chi connectivity index (χ0v) is 8.43. The van der Waals surface area contributed by atoms with Gasteiger partial charge in [-0.3, -0.25) is 0 Å². The van der Waals surface area contributed by atoms with Gasteiger partial charge in [0.2, 0.25) is 0 Å². The Kier molecular flexibility index (Phi) is 2.92. The third kappa shape index (κ3) is 2.22. The van der Waals surface area contributed by atoms with E-state index in [2.05, 4.69) is 6.92 Å². The average Bonchev–Trinajstić information content (AvgIpc) is 1.90. The Labute approximate surface area is 82.1 Å². The summed E-state index contributed by atoms with van der Waals surface area (Å²) in [5, 5.41) is 0. The van der Waals surface area contributed by atoms with E-state index in [1.165, 1.54) is 5.56 Å². The molecule has 0 unspecified atom stereocenters. The molecule has 0 heterocycles. The van der Waals surface area contributed by atoms with Gasteiger partial charge in [-0.2, -0.15) is 0 Å². The van der Waals surface area contributed by atoms with E-state index in [0.717, 1.165) is 45.1 Å². The van der Waals surface area contributed by atoms with Crippen LogP contribution in [0.3, 0.4) is 0 Å². The third-order valence-corrected chi connectivity index (χ3v) is 1.89. The fourth-order valence-electron chi connectivity index (χ4n) is 0.606. The van der Waals surface area contributed by atoms with Gasteiger partial charge >= 0.3 is 82.9 Å². The summed E-state index contributed by atoms with van der Waals surface area (Å²) in [4.78, 5) is 0. The van der Waals surface area contributed by atoms with Gasteiger partial charge in [0.25, 0.3) is 0 Å². The quantitative estimate of drug-likeness (QED) is 0.740. The van der Waals surface area contributed by atoms with Gasteiger partial charge in [-0.1, -0.05) is 0 Å². The van der Waals surface area contributed by atoms with Crippen molar-refractivity contribution in [2.75, 3.05) is 0 Å². The van der Waals surface area contributed by atoms with Crippen molar-refractivity contribution < 1.29 is 40.4 Å². The van der Waals surface area contributed by atoms with Crippen LogP contribution in [0.25, 0.3) is 0 Å². The zero-order valence-electron chi connectivity index (χ0n) is 5.22. The number of hydrogen-bond donors (Lipinski definition) is 0. The first-order valence-corrected chi connectivity index (χ1v) is 4.04. The zero-order chi connectivity index (χ0) is 6.69. The summed E-state index contributed by atoms with van der Waals surface area (Å²) in [7, 11) is 0. The maximum absolute atomic E-state index is 5.11. The molecule has 0 spiro atoms. The Balaban J connectivity index is 2.88. The van der Waals surface area contributed by atoms with Gasteiger partial charge in [0.15, 0.2) is 0 Å². The topological polar surface area (TPSA) is 9.23 Å². The number of hydrogen-bond acceptors (Lipinski definition) is 1. The molecule has 0 aliphatic heterocycles. The summed E-state index contributed by atoms with van der Waals surface area (Å²) < 4.78 is 5.11. The van der Waals surface area contributed by atoms with Gasteiger partial charge in [-0.15, -0.1) is 0 Å². The molecule has 0 atom stereocenters. The van der Waals surface area contributed by atoms with Crippen molar-refractivity contribution in [1.82, 2.24) is 0 Å². The van der Waals surface area contributed by atoms with Crippen molar-refractivity contribution in [2.45, 2.75) is 6.92 Å². The van der Waals surface area contributed by atoms with Gasteiger partial charge in [-0.05, 0) is 0 Å².